The number of nitrogens with zero attached hydrogens (tertiary/aromatic N) is 2. The van der Waals surface area contributed by atoms with Gasteiger partial charge in [0.05, 0.1) is 0 Å². The molecule has 0 saturated heterocycles. The second-order valence-corrected chi connectivity index (χ2v) is 3.00. The second kappa shape index (κ2) is 3.72. The third kappa shape index (κ3) is 1.59. The largest absolute Gasteiger partial charge is 0.222 e. The first kappa shape index (κ1) is 9.09. The van der Waals surface area contributed by atoms with Crippen molar-refractivity contribution in [3.63, 3.8) is 0 Å². The Balaban J connectivity index is 2.58. The lowest BCUT2D eigenvalue weighted by Gasteiger charge is -2.01. The monoisotopic (exact) mass is 207 g/mol. The number of benzene rings is 1. The summed E-state index contributed by atoms with van der Waals surface area (Å²) in [5.41, 5.74) is 0.830. The Morgan fingerprint density at radius 3 is 2.57 bits per heavy atom. The molecule has 69 valence electrons. The smallest absolute Gasteiger partial charge is 0.200 e. The summed E-state index contributed by atoms with van der Waals surface area (Å²) >= 11 is 5.51. The van der Waals surface area contributed by atoms with E-state index in [2.05, 4.69) is 16.3 Å². The van der Waals surface area contributed by atoms with Crippen LogP contribution in [0.1, 0.15) is 0 Å². The van der Waals surface area contributed by atoms with Crippen molar-refractivity contribution >= 4 is 11.6 Å². The highest BCUT2D eigenvalue weighted by Crippen LogP contribution is 2.22. The third-order valence-corrected chi connectivity index (χ3v) is 2.00. The summed E-state index contributed by atoms with van der Waals surface area (Å²) in [6.45, 7) is 0. The summed E-state index contributed by atoms with van der Waals surface area (Å²) in [6, 6.07) is 8.93. The molecule has 0 fully saturated rings. The topological polar surface area (TPSA) is 25.8 Å². The standard InChI is InChI=1S/C10H5ClFN2/c11-10-8(12)9(13-6-14-10)7-4-2-1-3-5-7/h1-5H. The molecule has 0 spiro atoms. The zero-order chi connectivity index (χ0) is 9.97. The minimum absolute atomic E-state index is 0.172. The Morgan fingerprint density at radius 1 is 1.14 bits per heavy atom. The van der Waals surface area contributed by atoms with Gasteiger partial charge in [0, 0.05) is 5.56 Å². The summed E-state index contributed by atoms with van der Waals surface area (Å²) in [5, 5.41) is -0.209. The zero-order valence-electron chi connectivity index (χ0n) is 7.04. The van der Waals surface area contributed by atoms with E-state index < -0.39 is 5.82 Å². The maximum atomic E-state index is 13.4. The van der Waals surface area contributed by atoms with Crippen LogP contribution in [-0.2, 0) is 0 Å². The van der Waals surface area contributed by atoms with Gasteiger partial charge in [0.1, 0.15) is 5.69 Å². The molecular weight excluding hydrogens is 203 g/mol. The predicted molar refractivity (Wildman–Crippen MR) is 51.3 cm³/mol. The molecule has 0 unspecified atom stereocenters. The van der Waals surface area contributed by atoms with Crippen LogP contribution in [0.5, 0.6) is 0 Å². The lowest BCUT2D eigenvalue weighted by molar-refractivity contribution is 0.618. The third-order valence-electron chi connectivity index (χ3n) is 1.75. The van der Waals surface area contributed by atoms with Gasteiger partial charge in [-0.1, -0.05) is 41.9 Å². The van der Waals surface area contributed by atoms with Gasteiger partial charge in [-0.25, -0.2) is 14.4 Å². The van der Waals surface area contributed by atoms with Gasteiger partial charge >= 0.3 is 0 Å². The van der Waals surface area contributed by atoms with Crippen LogP contribution < -0.4 is 0 Å². The van der Waals surface area contributed by atoms with Gasteiger partial charge in [-0.05, 0) is 0 Å². The minimum atomic E-state index is -0.614. The number of hydrogen-bond acceptors (Lipinski definition) is 2. The summed E-state index contributed by atoms with van der Waals surface area (Å²) in [7, 11) is 0. The average molecular weight is 208 g/mol. The molecule has 1 aromatic heterocycles. The lowest BCUT2D eigenvalue weighted by atomic mass is 10.1. The summed E-state index contributed by atoms with van der Waals surface area (Å²) < 4.78 is 13.4. The molecule has 1 radical (unpaired) electrons. The quantitative estimate of drug-likeness (QED) is 0.672. The van der Waals surface area contributed by atoms with Crippen LogP contribution in [0.15, 0.2) is 30.3 Å². The molecule has 0 N–H and O–H groups in total. The van der Waals surface area contributed by atoms with Crippen molar-refractivity contribution in [2.45, 2.75) is 0 Å². The molecule has 2 rings (SSSR count). The molecule has 0 saturated carbocycles. The molecule has 0 aliphatic heterocycles. The highest BCUT2D eigenvalue weighted by atomic mass is 35.5. The van der Waals surface area contributed by atoms with Crippen molar-refractivity contribution in [3.05, 3.63) is 47.6 Å². The first-order valence-corrected chi connectivity index (χ1v) is 4.31. The molecule has 14 heavy (non-hydrogen) atoms. The van der Waals surface area contributed by atoms with Crippen molar-refractivity contribution in [1.29, 1.82) is 0 Å². The van der Waals surface area contributed by atoms with E-state index in [9.17, 15) is 4.39 Å². The van der Waals surface area contributed by atoms with E-state index in [4.69, 9.17) is 11.6 Å². The maximum absolute atomic E-state index is 13.4. The predicted octanol–water partition coefficient (Wildman–Crippen LogP) is 2.74. The van der Waals surface area contributed by atoms with E-state index in [0.717, 1.165) is 0 Å². The van der Waals surface area contributed by atoms with Gasteiger partial charge in [0.15, 0.2) is 17.3 Å². The number of aromatic nitrogens is 2. The van der Waals surface area contributed by atoms with E-state index in [1.54, 1.807) is 24.3 Å². The molecule has 1 heterocycles. The zero-order valence-corrected chi connectivity index (χ0v) is 7.79. The van der Waals surface area contributed by atoms with E-state index in [-0.39, 0.29) is 10.8 Å². The van der Waals surface area contributed by atoms with Crippen LogP contribution in [-0.4, -0.2) is 9.97 Å². The minimum Gasteiger partial charge on any atom is -0.222 e. The van der Waals surface area contributed by atoms with Crippen LogP contribution in [0.4, 0.5) is 4.39 Å². The number of hydrogen-bond donors (Lipinski definition) is 0. The van der Waals surface area contributed by atoms with Crippen molar-refractivity contribution in [3.8, 4) is 11.3 Å². The normalized spacial score (nSPS) is 10.1. The fraction of sp³-hybridized carbons (Fsp3) is 0. The van der Waals surface area contributed by atoms with Gasteiger partial charge in [0.2, 0.25) is 0 Å². The van der Waals surface area contributed by atoms with Crippen LogP contribution in [0.2, 0.25) is 5.15 Å². The molecule has 0 aliphatic rings. The summed E-state index contributed by atoms with van der Waals surface area (Å²) in [5.74, 6) is -0.614. The molecule has 2 nitrogen and oxygen atoms in total. The van der Waals surface area contributed by atoms with Crippen molar-refractivity contribution < 1.29 is 4.39 Å². The Morgan fingerprint density at radius 2 is 1.86 bits per heavy atom. The van der Waals surface area contributed by atoms with Crippen LogP contribution in [0.3, 0.4) is 0 Å². The molecule has 1 aromatic carbocycles. The van der Waals surface area contributed by atoms with Gasteiger partial charge in [-0.15, -0.1) is 0 Å². The molecule has 4 heteroatoms. The first-order valence-electron chi connectivity index (χ1n) is 3.93. The molecule has 0 atom stereocenters. The van der Waals surface area contributed by atoms with E-state index in [1.807, 2.05) is 6.07 Å². The Bertz CT molecular complexity index is 445. The van der Waals surface area contributed by atoms with Gasteiger partial charge in [0.25, 0.3) is 0 Å². The Hall–Kier alpha value is -1.48. The Kier molecular flexibility index (Phi) is 2.41. The highest BCUT2D eigenvalue weighted by Gasteiger charge is 2.10. The SMILES string of the molecule is Fc1c(Cl)n[c]nc1-c1ccccc1. The van der Waals surface area contributed by atoms with Gasteiger partial charge in [-0.3, -0.25) is 0 Å². The van der Waals surface area contributed by atoms with Crippen LogP contribution in [0.25, 0.3) is 11.3 Å². The van der Waals surface area contributed by atoms with E-state index in [0.29, 0.717) is 5.56 Å². The van der Waals surface area contributed by atoms with Crippen molar-refractivity contribution in [2.75, 3.05) is 0 Å². The summed E-state index contributed by atoms with van der Waals surface area (Å²) in [4.78, 5) is 7.13. The lowest BCUT2D eigenvalue weighted by Crippen LogP contribution is -1.92. The van der Waals surface area contributed by atoms with E-state index >= 15 is 0 Å². The highest BCUT2D eigenvalue weighted by molar-refractivity contribution is 6.29. The van der Waals surface area contributed by atoms with E-state index in [1.165, 1.54) is 0 Å². The maximum Gasteiger partial charge on any atom is 0.200 e. The van der Waals surface area contributed by atoms with Crippen molar-refractivity contribution in [1.82, 2.24) is 9.97 Å². The van der Waals surface area contributed by atoms with Crippen LogP contribution >= 0.6 is 11.6 Å². The first-order chi connectivity index (χ1) is 6.79. The average Bonchev–Trinajstić information content (AvgIpc) is 2.23. The van der Waals surface area contributed by atoms with Crippen LogP contribution in [0, 0.1) is 12.1 Å². The second-order valence-electron chi connectivity index (χ2n) is 2.64. The molecule has 0 amide bonds. The molecular formula is C10H5ClFN2. The van der Waals surface area contributed by atoms with Gasteiger partial charge in [-0.2, -0.15) is 0 Å². The number of rotatable bonds is 1. The summed E-state index contributed by atoms with van der Waals surface area (Å²) in [6.07, 6.45) is 2.30. The fourth-order valence-electron chi connectivity index (χ4n) is 1.10. The number of halogens is 2. The molecule has 0 aliphatic carbocycles. The fourth-order valence-corrected chi connectivity index (χ4v) is 1.23. The van der Waals surface area contributed by atoms with Crippen molar-refractivity contribution in [2.24, 2.45) is 0 Å². The molecule has 2 aromatic rings. The Labute approximate surface area is 85.4 Å². The molecule has 0 bridgehead atoms. The van der Waals surface area contributed by atoms with Gasteiger partial charge < -0.3 is 0 Å².